The van der Waals surface area contributed by atoms with Crippen LogP contribution < -0.4 is 5.32 Å². The van der Waals surface area contributed by atoms with Gasteiger partial charge in [0.25, 0.3) is 0 Å². The van der Waals surface area contributed by atoms with Crippen LogP contribution >= 0.6 is 0 Å². The van der Waals surface area contributed by atoms with Gasteiger partial charge in [-0.25, -0.2) is 16.8 Å². The van der Waals surface area contributed by atoms with Crippen molar-refractivity contribution in [3.05, 3.63) is 60.2 Å². The normalized spacial score (nSPS) is 18.9. The summed E-state index contributed by atoms with van der Waals surface area (Å²) in [6, 6.07) is 16.5. The lowest BCUT2D eigenvalue weighted by molar-refractivity contribution is -0.127. The van der Waals surface area contributed by atoms with Crippen LogP contribution in [-0.4, -0.2) is 40.8 Å². The van der Waals surface area contributed by atoms with Crippen molar-refractivity contribution in [1.29, 1.82) is 5.26 Å². The highest BCUT2D eigenvalue weighted by atomic mass is 32.2. The molecule has 0 spiro atoms. The molecule has 1 N–H and O–H groups in total. The molecular formula is C24H28N2O5S2. The molecule has 7 nitrogen and oxygen atoms in total. The number of aryl methyl sites for hydroxylation is 1. The van der Waals surface area contributed by atoms with Crippen molar-refractivity contribution in [2.24, 2.45) is 11.8 Å². The minimum Gasteiger partial charge on any atom is -0.343 e. The van der Waals surface area contributed by atoms with Gasteiger partial charge >= 0.3 is 0 Å². The highest BCUT2D eigenvalue weighted by Gasteiger charge is 2.34. The maximum Gasteiger partial charge on any atom is 0.224 e. The van der Waals surface area contributed by atoms with Crippen molar-refractivity contribution < 1.29 is 21.6 Å². The van der Waals surface area contributed by atoms with E-state index in [9.17, 15) is 21.6 Å². The fourth-order valence-corrected chi connectivity index (χ4v) is 7.25. The molecular weight excluding hydrogens is 460 g/mol. The molecule has 176 valence electrons. The Morgan fingerprint density at radius 2 is 1.52 bits per heavy atom. The predicted octanol–water partition coefficient (Wildman–Crippen LogP) is 2.92. The molecule has 2 aromatic rings. The first-order valence-electron chi connectivity index (χ1n) is 11.0. The van der Waals surface area contributed by atoms with Gasteiger partial charge in [-0.2, -0.15) is 5.26 Å². The highest BCUT2D eigenvalue weighted by molar-refractivity contribution is 7.91. The van der Waals surface area contributed by atoms with Gasteiger partial charge < -0.3 is 5.32 Å². The lowest BCUT2D eigenvalue weighted by atomic mass is 9.80. The van der Waals surface area contributed by atoms with Crippen LogP contribution in [0.4, 0.5) is 0 Å². The molecule has 2 aromatic carbocycles. The van der Waals surface area contributed by atoms with Gasteiger partial charge in [0.15, 0.2) is 19.7 Å². The number of rotatable bonds is 9. The third-order valence-corrected chi connectivity index (χ3v) is 9.65. The Morgan fingerprint density at radius 1 is 0.909 bits per heavy atom. The summed E-state index contributed by atoms with van der Waals surface area (Å²) in [6.07, 6.45) is 3.28. The molecule has 1 fully saturated rings. The second-order valence-electron chi connectivity index (χ2n) is 8.33. The average molecular weight is 489 g/mol. The first-order chi connectivity index (χ1) is 15.7. The summed E-state index contributed by atoms with van der Waals surface area (Å²) >= 11 is 0. The molecule has 0 saturated heterocycles. The predicted molar refractivity (Wildman–Crippen MR) is 125 cm³/mol. The number of nitrogens with zero attached hydrogens (tertiary/aromatic N) is 1. The zero-order valence-electron chi connectivity index (χ0n) is 18.3. The molecule has 0 aliphatic heterocycles. The molecule has 33 heavy (non-hydrogen) atoms. The van der Waals surface area contributed by atoms with E-state index in [4.69, 9.17) is 5.26 Å². The van der Waals surface area contributed by atoms with Gasteiger partial charge in [-0.3, -0.25) is 4.79 Å². The van der Waals surface area contributed by atoms with Gasteiger partial charge in [0, 0.05) is 5.92 Å². The molecule has 1 aliphatic rings. The van der Waals surface area contributed by atoms with E-state index < -0.39 is 25.6 Å². The second-order valence-corrected chi connectivity index (χ2v) is 12.5. The maximum atomic E-state index is 13.0. The number of hydrogen-bond donors (Lipinski definition) is 1. The van der Waals surface area contributed by atoms with Crippen LogP contribution in [0.25, 0.3) is 0 Å². The minimum atomic E-state index is -3.70. The van der Waals surface area contributed by atoms with Crippen LogP contribution in [0.2, 0.25) is 0 Å². The van der Waals surface area contributed by atoms with Gasteiger partial charge in [-0.05, 0) is 55.0 Å². The summed E-state index contributed by atoms with van der Waals surface area (Å²) in [5.74, 6) is -1.31. The van der Waals surface area contributed by atoms with Crippen molar-refractivity contribution in [3.63, 3.8) is 0 Å². The van der Waals surface area contributed by atoms with E-state index in [1.54, 1.807) is 0 Å². The SMILES string of the molecule is N#CCNC(=O)[C@@H]1CCCC[C@@H]1CS(=O)(=O)c1ccc(S(=O)(=O)CCc2ccccc2)cc1. The Balaban J connectivity index is 1.69. The van der Waals surface area contributed by atoms with Crippen molar-refractivity contribution in [2.45, 2.75) is 41.9 Å². The van der Waals surface area contributed by atoms with E-state index >= 15 is 0 Å². The zero-order chi connectivity index (χ0) is 23.9. The number of nitriles is 1. The summed E-state index contributed by atoms with van der Waals surface area (Å²) in [5, 5.41) is 11.2. The molecule has 2 atom stereocenters. The minimum absolute atomic E-state index is 0.0475. The Morgan fingerprint density at radius 3 is 2.15 bits per heavy atom. The number of hydrogen-bond acceptors (Lipinski definition) is 6. The summed E-state index contributed by atoms with van der Waals surface area (Å²) in [4.78, 5) is 12.5. The molecule has 0 radical (unpaired) electrons. The van der Waals surface area contributed by atoms with E-state index in [1.165, 1.54) is 24.3 Å². The molecule has 1 amide bonds. The van der Waals surface area contributed by atoms with Gasteiger partial charge in [-0.1, -0.05) is 43.2 Å². The van der Waals surface area contributed by atoms with Gasteiger partial charge in [0.2, 0.25) is 5.91 Å². The highest BCUT2D eigenvalue weighted by Crippen LogP contribution is 2.33. The molecule has 1 saturated carbocycles. The number of carbonyl (C=O) groups excluding carboxylic acids is 1. The fraction of sp³-hybridized carbons (Fsp3) is 0.417. The molecule has 9 heteroatoms. The summed E-state index contributed by atoms with van der Waals surface area (Å²) < 4.78 is 51.4. The summed E-state index contributed by atoms with van der Waals surface area (Å²) in [6.45, 7) is -0.102. The lowest BCUT2D eigenvalue weighted by Gasteiger charge is -2.30. The van der Waals surface area contributed by atoms with Crippen LogP contribution in [0.15, 0.2) is 64.4 Å². The van der Waals surface area contributed by atoms with Crippen LogP contribution in [0, 0.1) is 23.2 Å². The average Bonchev–Trinajstić information content (AvgIpc) is 2.82. The van der Waals surface area contributed by atoms with E-state index in [0.717, 1.165) is 18.4 Å². The van der Waals surface area contributed by atoms with Crippen molar-refractivity contribution in [3.8, 4) is 6.07 Å². The Kier molecular flexibility index (Phi) is 8.27. The van der Waals surface area contributed by atoms with Crippen molar-refractivity contribution in [2.75, 3.05) is 18.1 Å². The Hall–Kier alpha value is -2.70. The quantitative estimate of drug-likeness (QED) is 0.542. The van der Waals surface area contributed by atoms with Crippen LogP contribution in [-0.2, 0) is 30.9 Å². The molecule has 0 bridgehead atoms. The van der Waals surface area contributed by atoms with Gasteiger partial charge in [-0.15, -0.1) is 0 Å². The largest absolute Gasteiger partial charge is 0.343 e. The molecule has 1 aliphatic carbocycles. The zero-order valence-corrected chi connectivity index (χ0v) is 19.9. The number of benzene rings is 2. The van der Waals surface area contributed by atoms with E-state index in [2.05, 4.69) is 5.32 Å². The van der Waals surface area contributed by atoms with Crippen molar-refractivity contribution in [1.82, 2.24) is 5.32 Å². The molecule has 0 heterocycles. The summed E-state index contributed by atoms with van der Waals surface area (Å²) in [7, 11) is -7.26. The van der Waals surface area contributed by atoms with Crippen LogP contribution in [0.3, 0.4) is 0 Å². The van der Waals surface area contributed by atoms with Gasteiger partial charge in [0.05, 0.1) is 27.4 Å². The fourth-order valence-electron chi connectivity index (χ4n) is 4.26. The maximum absolute atomic E-state index is 13.0. The number of carbonyl (C=O) groups is 1. The lowest BCUT2D eigenvalue weighted by Crippen LogP contribution is -2.39. The summed E-state index contributed by atoms with van der Waals surface area (Å²) in [5.41, 5.74) is 0.918. The van der Waals surface area contributed by atoms with Crippen LogP contribution in [0.5, 0.6) is 0 Å². The smallest absolute Gasteiger partial charge is 0.224 e. The number of sulfone groups is 2. The topological polar surface area (TPSA) is 121 Å². The van der Waals surface area contributed by atoms with E-state index in [0.29, 0.717) is 19.3 Å². The molecule has 0 aromatic heterocycles. The second kappa shape index (κ2) is 10.9. The third kappa shape index (κ3) is 6.65. The van der Waals surface area contributed by atoms with E-state index in [1.807, 2.05) is 36.4 Å². The first-order valence-corrected chi connectivity index (χ1v) is 14.3. The first kappa shape index (κ1) is 24.9. The third-order valence-electron chi connectivity index (χ3n) is 6.07. The number of amides is 1. The number of nitrogens with one attached hydrogen (secondary N) is 1. The van der Waals surface area contributed by atoms with Crippen LogP contribution in [0.1, 0.15) is 31.2 Å². The Bertz CT molecular complexity index is 1200. The Labute approximate surface area is 195 Å². The monoisotopic (exact) mass is 488 g/mol. The molecule has 0 unspecified atom stereocenters. The molecule has 3 rings (SSSR count). The standard InChI is InChI=1S/C24H28N2O5S2/c25-15-16-26-24(27)23-9-5-4-8-20(23)18-33(30,31)22-12-10-21(11-13-22)32(28,29)17-14-19-6-2-1-3-7-19/h1-3,6-7,10-13,20,23H,4-5,8-9,14,16-18H2,(H,26,27)/t20-,23-/m1/s1. The van der Waals surface area contributed by atoms with E-state index in [-0.39, 0.29) is 39.7 Å². The van der Waals surface area contributed by atoms with Gasteiger partial charge in [0.1, 0.15) is 6.54 Å². The van der Waals surface area contributed by atoms with Crippen molar-refractivity contribution >= 4 is 25.6 Å².